The molecule has 1 heterocycles. The molecule has 1 aromatic carbocycles. The fraction of sp³-hybridized carbons (Fsp3) is 0.286. The van der Waals surface area contributed by atoms with Gasteiger partial charge in [-0.1, -0.05) is 12.1 Å². The first-order valence-corrected chi connectivity index (χ1v) is 5.92. The van der Waals surface area contributed by atoms with E-state index in [1.807, 2.05) is 38.1 Å². The lowest BCUT2D eigenvalue weighted by Crippen LogP contribution is -1.94. The zero-order chi connectivity index (χ0) is 13.1. The maximum atomic E-state index is 11.3. The van der Waals surface area contributed by atoms with E-state index in [-0.39, 0.29) is 5.78 Å². The van der Waals surface area contributed by atoms with Crippen molar-refractivity contribution in [3.05, 3.63) is 35.8 Å². The second kappa shape index (κ2) is 5.04. The molecule has 0 aliphatic rings. The van der Waals surface area contributed by atoms with Gasteiger partial charge in [0.1, 0.15) is 5.75 Å². The number of aromatic amines is 1. The molecule has 0 amide bonds. The first kappa shape index (κ1) is 12.4. The maximum absolute atomic E-state index is 11.3. The van der Waals surface area contributed by atoms with Crippen LogP contribution in [0.2, 0.25) is 0 Å². The molecule has 0 radical (unpaired) electrons. The van der Waals surface area contributed by atoms with Gasteiger partial charge >= 0.3 is 0 Å². The maximum Gasteiger partial charge on any atom is 0.195 e. The van der Waals surface area contributed by atoms with E-state index in [0.29, 0.717) is 12.4 Å². The molecule has 2 aromatic rings. The minimum Gasteiger partial charge on any atom is -0.494 e. The molecule has 0 bridgehead atoms. The highest BCUT2D eigenvalue weighted by Gasteiger charge is 2.12. The normalized spacial score (nSPS) is 10.4. The Morgan fingerprint density at radius 1 is 1.44 bits per heavy atom. The summed E-state index contributed by atoms with van der Waals surface area (Å²) < 4.78 is 5.46. The number of benzene rings is 1. The van der Waals surface area contributed by atoms with Crippen molar-refractivity contribution in [1.82, 2.24) is 9.97 Å². The minimum absolute atomic E-state index is 0.0645. The summed E-state index contributed by atoms with van der Waals surface area (Å²) in [7, 11) is 0. The zero-order valence-electron chi connectivity index (χ0n) is 10.8. The van der Waals surface area contributed by atoms with E-state index in [2.05, 4.69) is 9.97 Å². The van der Waals surface area contributed by atoms with E-state index in [9.17, 15) is 4.79 Å². The lowest BCUT2D eigenvalue weighted by Gasteiger charge is -2.04. The van der Waals surface area contributed by atoms with Crippen molar-refractivity contribution in [2.45, 2.75) is 20.8 Å². The van der Waals surface area contributed by atoms with Gasteiger partial charge in [-0.15, -0.1) is 0 Å². The van der Waals surface area contributed by atoms with Gasteiger partial charge in [0.05, 0.1) is 12.3 Å². The largest absolute Gasteiger partial charge is 0.494 e. The molecule has 0 fully saturated rings. The summed E-state index contributed by atoms with van der Waals surface area (Å²) in [6.07, 6.45) is 0. The van der Waals surface area contributed by atoms with E-state index in [0.717, 1.165) is 22.7 Å². The van der Waals surface area contributed by atoms with Crippen molar-refractivity contribution < 1.29 is 9.53 Å². The number of H-pyrrole nitrogens is 1. The Kier molecular flexibility index (Phi) is 3.46. The highest BCUT2D eigenvalue weighted by atomic mass is 16.5. The Bertz CT molecular complexity index is 573. The number of Topliss-reactive ketones (excluding diaryl/α,β-unsaturated/α-hetero) is 1. The van der Waals surface area contributed by atoms with Gasteiger partial charge in [0.15, 0.2) is 11.6 Å². The molecule has 0 saturated carbocycles. The number of hydrogen-bond acceptors (Lipinski definition) is 3. The van der Waals surface area contributed by atoms with Gasteiger partial charge in [-0.3, -0.25) is 4.79 Å². The Hall–Kier alpha value is -2.10. The fourth-order valence-electron chi connectivity index (χ4n) is 1.81. The van der Waals surface area contributed by atoms with Gasteiger partial charge < -0.3 is 9.72 Å². The molecule has 18 heavy (non-hydrogen) atoms. The van der Waals surface area contributed by atoms with Crippen LogP contribution in [0.3, 0.4) is 0 Å². The number of carbonyl (C=O) groups is 1. The number of imidazole rings is 1. The Labute approximate surface area is 106 Å². The molecule has 2 rings (SSSR count). The third-order valence-electron chi connectivity index (χ3n) is 2.64. The summed E-state index contributed by atoms with van der Waals surface area (Å²) in [5.74, 6) is 1.14. The summed E-state index contributed by atoms with van der Waals surface area (Å²) in [6.45, 7) is 5.98. The number of hydrogen-bond donors (Lipinski definition) is 1. The number of nitrogens with one attached hydrogen (secondary N) is 1. The van der Waals surface area contributed by atoms with Crippen molar-refractivity contribution in [3.63, 3.8) is 0 Å². The first-order valence-electron chi connectivity index (χ1n) is 5.92. The minimum atomic E-state index is -0.0645. The zero-order valence-corrected chi connectivity index (χ0v) is 10.8. The Morgan fingerprint density at radius 3 is 2.83 bits per heavy atom. The second-order valence-corrected chi connectivity index (χ2v) is 4.08. The molecule has 0 unspecified atom stereocenters. The lowest BCUT2D eigenvalue weighted by atomic mass is 10.1. The molecule has 94 valence electrons. The molecule has 0 aliphatic heterocycles. The number of rotatable bonds is 4. The van der Waals surface area contributed by atoms with Crippen LogP contribution in [0.15, 0.2) is 24.3 Å². The van der Waals surface area contributed by atoms with Crippen LogP contribution in [0.5, 0.6) is 5.75 Å². The summed E-state index contributed by atoms with van der Waals surface area (Å²) >= 11 is 0. The predicted molar refractivity (Wildman–Crippen MR) is 69.9 cm³/mol. The van der Waals surface area contributed by atoms with E-state index in [1.165, 1.54) is 6.92 Å². The van der Waals surface area contributed by atoms with Crippen molar-refractivity contribution in [1.29, 1.82) is 0 Å². The van der Waals surface area contributed by atoms with Crippen LogP contribution in [0.4, 0.5) is 0 Å². The molecule has 1 aromatic heterocycles. The van der Waals surface area contributed by atoms with Gasteiger partial charge in [0.2, 0.25) is 0 Å². The molecule has 0 aliphatic carbocycles. The van der Waals surface area contributed by atoms with Crippen LogP contribution >= 0.6 is 0 Å². The van der Waals surface area contributed by atoms with Gasteiger partial charge in [0, 0.05) is 18.2 Å². The predicted octanol–water partition coefficient (Wildman–Crippen LogP) is 2.99. The molecule has 4 nitrogen and oxygen atoms in total. The van der Waals surface area contributed by atoms with Crippen molar-refractivity contribution in [2.24, 2.45) is 0 Å². The third-order valence-corrected chi connectivity index (χ3v) is 2.64. The van der Waals surface area contributed by atoms with Crippen LogP contribution in [0.25, 0.3) is 11.3 Å². The summed E-state index contributed by atoms with van der Waals surface area (Å²) in [4.78, 5) is 18.6. The first-order chi connectivity index (χ1) is 8.61. The van der Waals surface area contributed by atoms with E-state index in [4.69, 9.17) is 4.74 Å². The molecule has 0 atom stereocenters. The molecule has 0 spiro atoms. The van der Waals surface area contributed by atoms with E-state index < -0.39 is 0 Å². The van der Waals surface area contributed by atoms with Crippen LogP contribution in [-0.2, 0) is 0 Å². The highest BCUT2D eigenvalue weighted by molar-refractivity contribution is 5.91. The summed E-state index contributed by atoms with van der Waals surface area (Å²) in [6, 6.07) is 7.70. The average molecular weight is 244 g/mol. The Morgan fingerprint density at radius 2 is 2.22 bits per heavy atom. The van der Waals surface area contributed by atoms with Gasteiger partial charge in [-0.25, -0.2) is 4.98 Å². The topological polar surface area (TPSA) is 55.0 Å². The molecule has 4 heteroatoms. The molecular formula is C14H16N2O2. The quantitative estimate of drug-likeness (QED) is 0.841. The highest BCUT2D eigenvalue weighted by Crippen LogP contribution is 2.25. The summed E-state index contributed by atoms with van der Waals surface area (Å²) in [5, 5.41) is 0. The number of carbonyl (C=O) groups excluding carboxylic acids is 1. The third kappa shape index (κ3) is 2.42. The SMILES string of the molecule is CCOc1cccc(-c2nc(C(C)=O)[nH]c2C)c1. The number of aryl methyl sites for hydroxylation is 1. The molecule has 0 saturated heterocycles. The monoisotopic (exact) mass is 244 g/mol. The second-order valence-electron chi connectivity index (χ2n) is 4.08. The van der Waals surface area contributed by atoms with Crippen molar-refractivity contribution >= 4 is 5.78 Å². The van der Waals surface area contributed by atoms with Crippen LogP contribution in [0.1, 0.15) is 30.2 Å². The molecule has 1 N–H and O–H groups in total. The van der Waals surface area contributed by atoms with Crippen LogP contribution in [-0.4, -0.2) is 22.4 Å². The standard InChI is InChI=1S/C14H16N2O2/c1-4-18-12-7-5-6-11(8-12)13-9(2)15-14(16-13)10(3)17/h5-8H,4H2,1-3H3,(H,15,16). The number of ether oxygens (including phenoxy) is 1. The average Bonchev–Trinajstić information content (AvgIpc) is 2.72. The van der Waals surface area contributed by atoms with Gasteiger partial charge in [0.25, 0.3) is 0 Å². The smallest absolute Gasteiger partial charge is 0.195 e. The number of aromatic nitrogens is 2. The summed E-state index contributed by atoms with van der Waals surface area (Å²) in [5.41, 5.74) is 2.62. The van der Waals surface area contributed by atoms with Gasteiger partial charge in [-0.2, -0.15) is 0 Å². The number of ketones is 1. The van der Waals surface area contributed by atoms with E-state index in [1.54, 1.807) is 0 Å². The number of nitrogens with zero attached hydrogens (tertiary/aromatic N) is 1. The van der Waals surface area contributed by atoms with Crippen molar-refractivity contribution in [3.8, 4) is 17.0 Å². The Balaban J connectivity index is 2.41. The lowest BCUT2D eigenvalue weighted by molar-refractivity contribution is 0.100. The van der Waals surface area contributed by atoms with E-state index >= 15 is 0 Å². The molecular weight excluding hydrogens is 228 g/mol. The van der Waals surface area contributed by atoms with Crippen LogP contribution < -0.4 is 4.74 Å². The van der Waals surface area contributed by atoms with Crippen LogP contribution in [0, 0.1) is 6.92 Å². The van der Waals surface area contributed by atoms with Crippen molar-refractivity contribution in [2.75, 3.05) is 6.61 Å². The fourth-order valence-corrected chi connectivity index (χ4v) is 1.81. The van der Waals surface area contributed by atoms with Gasteiger partial charge in [-0.05, 0) is 26.0 Å².